The minimum absolute atomic E-state index is 0.130. The average molecular weight is 284 g/mol. The van der Waals surface area contributed by atoms with Crippen molar-refractivity contribution >= 4 is 5.97 Å². The summed E-state index contributed by atoms with van der Waals surface area (Å²) >= 11 is 0. The summed E-state index contributed by atoms with van der Waals surface area (Å²) < 4.78 is 11.7. The molecule has 3 nitrogen and oxygen atoms in total. The summed E-state index contributed by atoms with van der Waals surface area (Å²) in [4.78, 5) is 12.3. The lowest BCUT2D eigenvalue weighted by Crippen LogP contribution is -2.36. The molecule has 110 valence electrons. The predicted octanol–water partition coefficient (Wildman–Crippen LogP) is 3.05. The number of benzene rings is 1. The van der Waals surface area contributed by atoms with Crippen LogP contribution >= 0.6 is 0 Å². The molecule has 1 heterocycles. The molecular weight excluding hydrogens is 264 g/mol. The van der Waals surface area contributed by atoms with E-state index in [1.165, 1.54) is 12.8 Å². The normalized spacial score (nSPS) is 48.8. The molecule has 2 bridgehead atoms. The Labute approximate surface area is 124 Å². The Bertz CT molecular complexity index is 598. The van der Waals surface area contributed by atoms with Gasteiger partial charge in [0.1, 0.15) is 6.10 Å². The summed E-state index contributed by atoms with van der Waals surface area (Å²) in [6.07, 6.45) is 4.07. The van der Waals surface area contributed by atoms with E-state index in [1.807, 2.05) is 30.3 Å². The fraction of sp³-hybridized carbons (Fsp3) is 0.611. The monoisotopic (exact) mass is 284 g/mol. The van der Waals surface area contributed by atoms with Crippen LogP contribution < -0.4 is 0 Å². The minimum atomic E-state index is -0.157. The number of carbonyl (C=O) groups is 1. The molecule has 0 radical (unpaired) electrons. The molecule has 0 N–H and O–H groups in total. The molecule has 3 aliphatic carbocycles. The van der Waals surface area contributed by atoms with Crippen LogP contribution in [0.25, 0.3) is 0 Å². The Morgan fingerprint density at radius 1 is 1.19 bits per heavy atom. The number of hydrogen-bond acceptors (Lipinski definition) is 3. The number of rotatable bonds is 2. The zero-order valence-corrected chi connectivity index (χ0v) is 12.2. The van der Waals surface area contributed by atoms with E-state index in [0.717, 1.165) is 18.3 Å². The van der Waals surface area contributed by atoms with Crippen LogP contribution in [0.3, 0.4) is 0 Å². The van der Waals surface area contributed by atoms with Crippen molar-refractivity contribution in [1.82, 2.24) is 0 Å². The van der Waals surface area contributed by atoms with E-state index in [9.17, 15) is 4.79 Å². The molecule has 0 aromatic heterocycles. The number of esters is 1. The molecule has 0 amide bonds. The van der Waals surface area contributed by atoms with Gasteiger partial charge in [-0.15, -0.1) is 0 Å². The summed E-state index contributed by atoms with van der Waals surface area (Å²) in [6, 6.07) is 9.35. The molecule has 21 heavy (non-hydrogen) atoms. The second-order valence-electron chi connectivity index (χ2n) is 7.42. The van der Waals surface area contributed by atoms with Gasteiger partial charge < -0.3 is 9.47 Å². The average Bonchev–Trinajstić information content (AvgIpc) is 2.84. The van der Waals surface area contributed by atoms with Gasteiger partial charge in [-0.3, -0.25) is 0 Å². The molecule has 4 aliphatic rings. The largest absolute Gasteiger partial charge is 0.458 e. The van der Waals surface area contributed by atoms with Gasteiger partial charge in [-0.05, 0) is 62.0 Å². The molecule has 5 rings (SSSR count). The van der Waals surface area contributed by atoms with Crippen molar-refractivity contribution < 1.29 is 14.3 Å². The topological polar surface area (TPSA) is 38.8 Å². The molecule has 1 aromatic carbocycles. The van der Waals surface area contributed by atoms with Crippen molar-refractivity contribution in [1.29, 1.82) is 0 Å². The molecule has 3 heteroatoms. The summed E-state index contributed by atoms with van der Waals surface area (Å²) in [5, 5.41) is 0. The van der Waals surface area contributed by atoms with Gasteiger partial charge >= 0.3 is 5.97 Å². The maximum Gasteiger partial charge on any atom is 0.338 e. The van der Waals surface area contributed by atoms with Crippen LogP contribution in [-0.4, -0.2) is 23.8 Å². The van der Waals surface area contributed by atoms with Gasteiger partial charge in [0, 0.05) is 0 Å². The van der Waals surface area contributed by atoms with Gasteiger partial charge in [0.15, 0.2) is 0 Å². The van der Waals surface area contributed by atoms with Crippen molar-refractivity contribution in [3.8, 4) is 0 Å². The second-order valence-corrected chi connectivity index (χ2v) is 7.42. The molecule has 1 aromatic rings. The Morgan fingerprint density at radius 2 is 2.00 bits per heavy atom. The lowest BCUT2D eigenvalue weighted by molar-refractivity contribution is -0.0128. The first-order valence-corrected chi connectivity index (χ1v) is 8.10. The minimum Gasteiger partial charge on any atom is -0.458 e. The lowest BCUT2D eigenvalue weighted by atomic mass is 9.76. The molecule has 0 unspecified atom stereocenters. The van der Waals surface area contributed by atoms with Crippen molar-refractivity contribution in [3.05, 3.63) is 35.9 Å². The van der Waals surface area contributed by atoms with Crippen LogP contribution in [0.1, 0.15) is 36.5 Å². The maximum absolute atomic E-state index is 12.3. The summed E-state index contributed by atoms with van der Waals surface area (Å²) in [6.45, 7) is 2.29. The first-order valence-electron chi connectivity index (χ1n) is 8.10. The van der Waals surface area contributed by atoms with E-state index in [4.69, 9.17) is 9.47 Å². The molecule has 0 spiro atoms. The number of fused-ring (bicyclic) bond motifs is 7. The van der Waals surface area contributed by atoms with Crippen molar-refractivity contribution in [2.75, 3.05) is 0 Å². The highest BCUT2D eigenvalue weighted by molar-refractivity contribution is 5.89. The number of ether oxygens (including phenoxy) is 2. The highest BCUT2D eigenvalue weighted by Crippen LogP contribution is 2.69. The van der Waals surface area contributed by atoms with Gasteiger partial charge in [-0.1, -0.05) is 18.2 Å². The van der Waals surface area contributed by atoms with E-state index < -0.39 is 0 Å². The maximum atomic E-state index is 12.3. The zero-order chi connectivity index (χ0) is 14.2. The first kappa shape index (κ1) is 12.2. The molecular formula is C18H20O3. The van der Waals surface area contributed by atoms with E-state index in [-0.39, 0.29) is 17.7 Å². The number of hydrogen-bond donors (Lipinski definition) is 0. The van der Waals surface area contributed by atoms with Gasteiger partial charge in [0.05, 0.1) is 17.3 Å². The van der Waals surface area contributed by atoms with Crippen molar-refractivity contribution in [3.63, 3.8) is 0 Å². The van der Waals surface area contributed by atoms with Gasteiger partial charge in [-0.2, -0.15) is 0 Å². The van der Waals surface area contributed by atoms with Gasteiger partial charge in [0.2, 0.25) is 0 Å². The first-order chi connectivity index (χ1) is 10.2. The molecule has 1 aliphatic heterocycles. The Balaban J connectivity index is 1.32. The zero-order valence-electron chi connectivity index (χ0n) is 12.2. The van der Waals surface area contributed by atoms with E-state index in [1.54, 1.807) is 0 Å². The van der Waals surface area contributed by atoms with Crippen LogP contribution in [0, 0.1) is 23.7 Å². The quantitative estimate of drug-likeness (QED) is 0.619. The third kappa shape index (κ3) is 1.56. The second kappa shape index (κ2) is 3.89. The highest BCUT2D eigenvalue weighted by Gasteiger charge is 2.73. The smallest absolute Gasteiger partial charge is 0.338 e. The Kier molecular flexibility index (Phi) is 2.26. The Hall–Kier alpha value is -1.35. The van der Waals surface area contributed by atoms with Crippen LogP contribution in [0.4, 0.5) is 0 Å². The summed E-state index contributed by atoms with van der Waals surface area (Å²) in [5.74, 6) is 2.56. The standard InChI is InChI=1S/C18H20O3/c1-18-15(21-18)9-13-12-7-11(16(13)18)8-14(12)20-17(19)10-5-3-2-4-6-10/h2-6,11-16H,7-9H2,1H3/t11-,12+,13+,14-,15+,16+,18+/m1/s1. The predicted molar refractivity (Wildman–Crippen MR) is 76.7 cm³/mol. The molecule has 4 fully saturated rings. The summed E-state index contributed by atoms with van der Waals surface area (Å²) in [5.41, 5.74) is 0.833. The van der Waals surface area contributed by atoms with Gasteiger partial charge in [-0.25, -0.2) is 4.79 Å². The molecule has 1 saturated heterocycles. The third-order valence-electron chi connectivity index (χ3n) is 6.50. The van der Waals surface area contributed by atoms with Crippen LogP contribution in [0.2, 0.25) is 0 Å². The molecule has 3 saturated carbocycles. The van der Waals surface area contributed by atoms with Crippen LogP contribution in [-0.2, 0) is 9.47 Å². The number of carbonyl (C=O) groups excluding carboxylic acids is 1. The van der Waals surface area contributed by atoms with Gasteiger partial charge in [0.25, 0.3) is 0 Å². The fourth-order valence-electron chi connectivity index (χ4n) is 5.66. The van der Waals surface area contributed by atoms with Crippen molar-refractivity contribution in [2.45, 2.75) is 44.0 Å². The summed E-state index contributed by atoms with van der Waals surface area (Å²) in [7, 11) is 0. The highest BCUT2D eigenvalue weighted by atomic mass is 16.6. The third-order valence-corrected chi connectivity index (χ3v) is 6.50. The Morgan fingerprint density at radius 3 is 2.81 bits per heavy atom. The lowest BCUT2D eigenvalue weighted by Gasteiger charge is -2.34. The fourth-order valence-corrected chi connectivity index (χ4v) is 5.66. The van der Waals surface area contributed by atoms with Crippen LogP contribution in [0.15, 0.2) is 30.3 Å². The number of epoxide rings is 1. The SMILES string of the molecule is C[C@]12O[C@H]1C[C@H]1[C@@H]3C[C@H](C[C@H]3OC(=O)c3ccccc3)[C@@H]12. The van der Waals surface area contributed by atoms with Crippen LogP contribution in [0.5, 0.6) is 0 Å². The van der Waals surface area contributed by atoms with E-state index >= 15 is 0 Å². The van der Waals surface area contributed by atoms with Crippen molar-refractivity contribution in [2.24, 2.45) is 23.7 Å². The van der Waals surface area contributed by atoms with E-state index in [2.05, 4.69) is 6.92 Å². The molecule has 7 atom stereocenters. The van der Waals surface area contributed by atoms with E-state index in [0.29, 0.717) is 23.5 Å².